The van der Waals surface area contributed by atoms with Gasteiger partial charge in [-0.05, 0) is 5.92 Å². The largest absolute Gasteiger partial charge is 4.00 e. The van der Waals surface area contributed by atoms with Crippen molar-refractivity contribution < 1.29 is 21.7 Å². The van der Waals surface area contributed by atoms with Crippen molar-refractivity contribution in [1.29, 1.82) is 0 Å². The molecule has 1 aromatic carbocycles. The molecule has 0 N–H and O–H groups in total. The summed E-state index contributed by atoms with van der Waals surface area (Å²) >= 11 is 0. The Labute approximate surface area is 129 Å². The Morgan fingerprint density at radius 2 is 1.78 bits per heavy atom. The smallest absolute Gasteiger partial charge is 0.358 e. The minimum Gasteiger partial charge on any atom is -0.358 e. The van der Waals surface area contributed by atoms with Crippen molar-refractivity contribution in [2.24, 2.45) is 0 Å². The van der Waals surface area contributed by atoms with Gasteiger partial charge in [-0.15, -0.1) is 6.42 Å². The molecule has 0 nitrogen and oxygen atoms in total. The summed E-state index contributed by atoms with van der Waals surface area (Å²) in [4.78, 5) is 0. The quantitative estimate of drug-likeness (QED) is 0.446. The van der Waals surface area contributed by atoms with Gasteiger partial charge in [0.25, 0.3) is 0 Å². The van der Waals surface area contributed by atoms with E-state index in [4.69, 9.17) is 0 Å². The van der Waals surface area contributed by atoms with Crippen LogP contribution in [-0.4, -0.2) is 0 Å². The second-order valence-corrected chi connectivity index (χ2v) is 4.34. The van der Waals surface area contributed by atoms with E-state index >= 15 is 0 Å². The van der Waals surface area contributed by atoms with Gasteiger partial charge in [0.15, 0.2) is 0 Å². The average Bonchev–Trinajstić information content (AvgIpc) is 2.55. The van der Waals surface area contributed by atoms with Crippen LogP contribution < -0.4 is 0 Å². The summed E-state index contributed by atoms with van der Waals surface area (Å²) in [5.74, 6) is 0.640. The van der Waals surface area contributed by atoms with Crippen LogP contribution in [0.3, 0.4) is 0 Å². The van der Waals surface area contributed by atoms with Crippen LogP contribution >= 0.6 is 0 Å². The summed E-state index contributed by atoms with van der Waals surface area (Å²) in [5, 5.41) is 0. The molecule has 2 aliphatic rings. The normalized spacial score (nSPS) is 18.8. The number of hydrogen-bond acceptors (Lipinski definition) is 0. The maximum atomic E-state index is 2.45. The first-order valence-electron chi connectivity index (χ1n) is 5.53. The molecule has 18 heavy (non-hydrogen) atoms. The van der Waals surface area contributed by atoms with E-state index in [0.29, 0.717) is 5.92 Å². The molecule has 0 fully saturated rings. The summed E-state index contributed by atoms with van der Waals surface area (Å²) < 4.78 is 0. The molecule has 96 valence electrons. The first-order chi connectivity index (χ1) is 6.88. The Hall–Kier alpha value is -0.456. The Kier molecular flexibility index (Phi) is 8.68. The third-order valence-corrected chi connectivity index (χ3v) is 3.56. The third-order valence-electron chi connectivity index (χ3n) is 3.56. The summed E-state index contributed by atoms with van der Waals surface area (Å²) in [6.07, 6.45) is 6.34. The van der Waals surface area contributed by atoms with Gasteiger partial charge < -0.3 is 22.3 Å². The molecule has 0 saturated heterocycles. The fourth-order valence-electron chi connectivity index (χ4n) is 2.85. The number of allylic oxidation sites excluding steroid dienone is 2. The van der Waals surface area contributed by atoms with E-state index in [9.17, 15) is 0 Å². The maximum Gasteiger partial charge on any atom is 4.00 e. The molecule has 0 heterocycles. The molecule has 0 amide bonds. The molecular formula is C17H24Ti. The molecule has 0 radical (unpaired) electrons. The number of benzene rings is 1. The van der Waals surface area contributed by atoms with Crippen LogP contribution in [0, 0.1) is 28.7 Å². The fourth-order valence-corrected chi connectivity index (χ4v) is 2.85. The van der Waals surface area contributed by atoms with Crippen molar-refractivity contribution in [2.45, 2.75) is 32.1 Å². The zero-order valence-corrected chi connectivity index (χ0v) is 13.6. The van der Waals surface area contributed by atoms with E-state index in [1.165, 1.54) is 30.4 Å². The molecule has 1 aromatic rings. The van der Waals surface area contributed by atoms with Gasteiger partial charge in [-0.2, -0.15) is 5.57 Å². The summed E-state index contributed by atoms with van der Waals surface area (Å²) in [5.41, 5.74) is 6.29. The number of hydrogen-bond donors (Lipinski definition) is 0. The summed E-state index contributed by atoms with van der Waals surface area (Å²) in [7, 11) is 0. The van der Waals surface area contributed by atoms with Crippen molar-refractivity contribution in [2.75, 3.05) is 0 Å². The SMILES string of the molecule is CC1C2=C(CCC[CH-]2)c2ccccc21.[CH3-].[CH3-].[CH3-].[Ti+4]. The molecule has 3 rings (SSSR count). The predicted octanol–water partition coefficient (Wildman–Crippen LogP) is 5.29. The van der Waals surface area contributed by atoms with E-state index < -0.39 is 0 Å². The second kappa shape index (κ2) is 7.87. The van der Waals surface area contributed by atoms with Crippen LogP contribution in [0.25, 0.3) is 5.57 Å². The van der Waals surface area contributed by atoms with E-state index in [0.717, 1.165) is 0 Å². The summed E-state index contributed by atoms with van der Waals surface area (Å²) in [6.45, 7) is 2.34. The number of fused-ring (bicyclic) bond motifs is 2. The van der Waals surface area contributed by atoms with E-state index in [2.05, 4.69) is 37.6 Å². The Morgan fingerprint density at radius 3 is 2.50 bits per heavy atom. The van der Waals surface area contributed by atoms with Gasteiger partial charge in [0, 0.05) is 0 Å². The Balaban J connectivity index is 0. The van der Waals surface area contributed by atoms with Crippen molar-refractivity contribution in [3.05, 3.63) is 69.7 Å². The van der Waals surface area contributed by atoms with Crippen LogP contribution in [-0.2, 0) is 21.7 Å². The molecule has 0 bridgehead atoms. The predicted molar refractivity (Wildman–Crippen MR) is 79.2 cm³/mol. The Bertz CT molecular complexity index is 404. The maximum absolute atomic E-state index is 2.45. The van der Waals surface area contributed by atoms with Gasteiger partial charge >= 0.3 is 21.7 Å². The number of rotatable bonds is 0. The van der Waals surface area contributed by atoms with Gasteiger partial charge in [-0.25, -0.2) is 12.0 Å². The minimum atomic E-state index is 0. The third kappa shape index (κ3) is 2.92. The van der Waals surface area contributed by atoms with E-state index in [1.54, 1.807) is 11.1 Å². The molecule has 0 saturated carbocycles. The Morgan fingerprint density at radius 1 is 1.11 bits per heavy atom. The van der Waals surface area contributed by atoms with Crippen LogP contribution in [0.5, 0.6) is 0 Å². The molecule has 1 atom stereocenters. The topological polar surface area (TPSA) is 0 Å². The molecule has 1 unspecified atom stereocenters. The van der Waals surface area contributed by atoms with Gasteiger partial charge in [0.05, 0.1) is 0 Å². The van der Waals surface area contributed by atoms with Crippen molar-refractivity contribution in [3.63, 3.8) is 0 Å². The zero-order valence-electron chi connectivity index (χ0n) is 12.1. The average molecular weight is 276 g/mol. The fraction of sp³-hybridized carbons (Fsp3) is 0.294. The monoisotopic (exact) mass is 276 g/mol. The van der Waals surface area contributed by atoms with Crippen LogP contribution in [0.4, 0.5) is 0 Å². The van der Waals surface area contributed by atoms with Crippen LogP contribution in [0.15, 0.2) is 29.8 Å². The molecular weight excluding hydrogens is 252 g/mol. The van der Waals surface area contributed by atoms with E-state index in [-0.39, 0.29) is 44.0 Å². The molecule has 0 aliphatic heterocycles. The van der Waals surface area contributed by atoms with Gasteiger partial charge in [-0.1, -0.05) is 55.2 Å². The molecule has 1 heteroatoms. The van der Waals surface area contributed by atoms with Gasteiger partial charge in [0.2, 0.25) is 0 Å². The van der Waals surface area contributed by atoms with Crippen molar-refractivity contribution in [1.82, 2.24) is 0 Å². The minimum absolute atomic E-state index is 0. The first-order valence-corrected chi connectivity index (χ1v) is 5.53. The van der Waals surface area contributed by atoms with Gasteiger partial charge in [0.1, 0.15) is 0 Å². The van der Waals surface area contributed by atoms with Crippen LogP contribution in [0.1, 0.15) is 43.2 Å². The van der Waals surface area contributed by atoms with E-state index in [1.807, 2.05) is 0 Å². The zero-order chi connectivity index (χ0) is 9.54. The standard InChI is InChI=1S/C14H15.3CH3.Ti/c1-10-11-6-2-4-8-13(11)14-9-5-3-7-12(10)14;;;;/h2,4,6-8,10H,3,5,9H2,1H3;3*1H3;/q4*-1;+4. The summed E-state index contributed by atoms with van der Waals surface area (Å²) in [6, 6.07) is 8.89. The van der Waals surface area contributed by atoms with Crippen molar-refractivity contribution >= 4 is 5.57 Å². The van der Waals surface area contributed by atoms with Crippen LogP contribution in [0.2, 0.25) is 0 Å². The van der Waals surface area contributed by atoms with Gasteiger partial charge in [-0.3, -0.25) is 0 Å². The molecule has 2 aliphatic carbocycles. The molecule has 0 aromatic heterocycles. The van der Waals surface area contributed by atoms with Crippen molar-refractivity contribution in [3.8, 4) is 0 Å². The first kappa shape index (κ1) is 19.9. The second-order valence-electron chi connectivity index (χ2n) is 4.34. The molecule has 0 spiro atoms.